The van der Waals surface area contributed by atoms with Gasteiger partial charge in [-0.3, -0.25) is 4.79 Å². The van der Waals surface area contributed by atoms with Crippen molar-refractivity contribution in [3.8, 4) is 5.75 Å². The van der Waals surface area contributed by atoms with Crippen molar-refractivity contribution in [2.75, 3.05) is 14.2 Å². The summed E-state index contributed by atoms with van der Waals surface area (Å²) in [5, 5.41) is 0. The molecule has 1 aromatic carbocycles. The van der Waals surface area contributed by atoms with Gasteiger partial charge >= 0.3 is 0 Å². The van der Waals surface area contributed by atoms with Gasteiger partial charge in [0.15, 0.2) is 0 Å². The third-order valence-corrected chi connectivity index (χ3v) is 2.81. The molecule has 17 heavy (non-hydrogen) atoms. The Labute approximate surface area is 103 Å². The maximum atomic E-state index is 11.8. The second kappa shape index (κ2) is 7.07. The van der Waals surface area contributed by atoms with Crippen LogP contribution < -0.4 is 4.74 Å². The van der Waals surface area contributed by atoms with E-state index in [9.17, 15) is 4.79 Å². The molecule has 0 fully saturated rings. The lowest BCUT2D eigenvalue weighted by Crippen LogP contribution is -2.10. The maximum Gasteiger partial charge on any atom is 0.137 e. The summed E-state index contributed by atoms with van der Waals surface area (Å²) in [7, 11) is 3.28. The van der Waals surface area contributed by atoms with E-state index in [0.717, 1.165) is 17.7 Å². The second-order valence-corrected chi connectivity index (χ2v) is 4.11. The number of hydrogen-bond acceptors (Lipinski definition) is 3. The SMILES string of the molecule is COc1ccccc1CC(=O)CCC(C)OC. The highest BCUT2D eigenvalue weighted by molar-refractivity contribution is 5.81. The van der Waals surface area contributed by atoms with Crippen LogP contribution in [-0.2, 0) is 16.0 Å². The fourth-order valence-electron chi connectivity index (χ4n) is 1.63. The topological polar surface area (TPSA) is 35.5 Å². The minimum atomic E-state index is 0.136. The summed E-state index contributed by atoms with van der Waals surface area (Å²) >= 11 is 0. The molecule has 1 rings (SSSR count). The summed E-state index contributed by atoms with van der Waals surface area (Å²) in [6, 6.07) is 7.62. The fraction of sp³-hybridized carbons (Fsp3) is 0.500. The first-order chi connectivity index (χ1) is 8.17. The molecule has 0 radical (unpaired) electrons. The van der Waals surface area contributed by atoms with Crippen LogP contribution in [0.5, 0.6) is 5.75 Å². The standard InChI is InChI=1S/C14H20O3/c1-11(16-2)8-9-13(15)10-12-6-4-5-7-14(12)17-3/h4-7,11H,8-10H2,1-3H3. The number of rotatable bonds is 7. The van der Waals surface area contributed by atoms with Crippen molar-refractivity contribution in [1.82, 2.24) is 0 Å². The molecule has 1 unspecified atom stereocenters. The number of carbonyl (C=O) groups excluding carboxylic acids is 1. The number of hydrogen-bond donors (Lipinski definition) is 0. The highest BCUT2D eigenvalue weighted by Crippen LogP contribution is 2.18. The average molecular weight is 236 g/mol. The molecule has 0 aliphatic rings. The Morgan fingerprint density at radius 3 is 2.65 bits per heavy atom. The predicted molar refractivity (Wildman–Crippen MR) is 67.4 cm³/mol. The van der Waals surface area contributed by atoms with Crippen molar-refractivity contribution < 1.29 is 14.3 Å². The highest BCUT2D eigenvalue weighted by Gasteiger charge is 2.09. The van der Waals surface area contributed by atoms with E-state index in [4.69, 9.17) is 9.47 Å². The number of ether oxygens (including phenoxy) is 2. The first-order valence-electron chi connectivity index (χ1n) is 5.83. The Kier molecular flexibility index (Phi) is 5.70. The van der Waals surface area contributed by atoms with Crippen molar-refractivity contribution in [2.45, 2.75) is 32.3 Å². The van der Waals surface area contributed by atoms with E-state index in [0.29, 0.717) is 12.8 Å². The molecular weight excluding hydrogens is 216 g/mol. The molecule has 94 valence electrons. The van der Waals surface area contributed by atoms with E-state index >= 15 is 0 Å². The summed E-state index contributed by atoms with van der Waals surface area (Å²) in [5.41, 5.74) is 0.949. The summed E-state index contributed by atoms with van der Waals surface area (Å²) < 4.78 is 10.3. The summed E-state index contributed by atoms with van der Waals surface area (Å²) in [4.78, 5) is 11.8. The lowest BCUT2D eigenvalue weighted by molar-refractivity contribution is -0.119. The molecule has 3 nitrogen and oxygen atoms in total. The fourth-order valence-corrected chi connectivity index (χ4v) is 1.63. The molecule has 0 amide bonds. The van der Waals surface area contributed by atoms with E-state index in [1.807, 2.05) is 31.2 Å². The molecule has 0 aliphatic carbocycles. The molecule has 0 saturated carbocycles. The second-order valence-electron chi connectivity index (χ2n) is 4.11. The largest absolute Gasteiger partial charge is 0.496 e. The van der Waals surface area contributed by atoms with Gasteiger partial charge in [0, 0.05) is 25.5 Å². The summed E-state index contributed by atoms with van der Waals surface area (Å²) in [5.74, 6) is 0.999. The Morgan fingerprint density at radius 2 is 2.00 bits per heavy atom. The Balaban J connectivity index is 2.50. The van der Waals surface area contributed by atoms with Gasteiger partial charge in [0.2, 0.25) is 0 Å². The van der Waals surface area contributed by atoms with E-state index in [2.05, 4.69) is 0 Å². The molecule has 0 spiro atoms. The van der Waals surface area contributed by atoms with Crippen LogP contribution in [0.2, 0.25) is 0 Å². The molecule has 0 aromatic heterocycles. The number of benzene rings is 1. The Hall–Kier alpha value is -1.35. The van der Waals surface area contributed by atoms with Crippen molar-refractivity contribution in [3.05, 3.63) is 29.8 Å². The van der Waals surface area contributed by atoms with Crippen molar-refractivity contribution in [3.63, 3.8) is 0 Å². The van der Waals surface area contributed by atoms with Crippen LogP contribution in [0.15, 0.2) is 24.3 Å². The predicted octanol–water partition coefficient (Wildman–Crippen LogP) is 2.62. The Bertz CT molecular complexity index is 360. The van der Waals surface area contributed by atoms with Gasteiger partial charge in [-0.25, -0.2) is 0 Å². The van der Waals surface area contributed by atoms with Gasteiger partial charge in [-0.05, 0) is 19.4 Å². The van der Waals surface area contributed by atoms with Crippen LogP contribution in [0.1, 0.15) is 25.3 Å². The van der Waals surface area contributed by atoms with Gasteiger partial charge < -0.3 is 9.47 Å². The van der Waals surface area contributed by atoms with Crippen molar-refractivity contribution in [2.24, 2.45) is 0 Å². The Morgan fingerprint density at radius 1 is 1.29 bits per heavy atom. The number of Topliss-reactive ketones (excluding diaryl/α,β-unsaturated/α-hetero) is 1. The highest BCUT2D eigenvalue weighted by atomic mass is 16.5. The van der Waals surface area contributed by atoms with Gasteiger partial charge in [-0.15, -0.1) is 0 Å². The van der Waals surface area contributed by atoms with Gasteiger partial charge in [0.05, 0.1) is 13.2 Å². The molecule has 0 bridgehead atoms. The first kappa shape index (κ1) is 13.7. The van der Waals surface area contributed by atoms with Gasteiger partial charge in [0.1, 0.15) is 11.5 Å². The van der Waals surface area contributed by atoms with Crippen LogP contribution >= 0.6 is 0 Å². The molecular formula is C14H20O3. The van der Waals surface area contributed by atoms with Crippen LogP contribution in [0.25, 0.3) is 0 Å². The molecule has 0 aliphatic heterocycles. The molecule has 3 heteroatoms. The number of carbonyl (C=O) groups is 1. The van der Waals surface area contributed by atoms with E-state index < -0.39 is 0 Å². The molecule has 0 saturated heterocycles. The zero-order chi connectivity index (χ0) is 12.7. The lowest BCUT2D eigenvalue weighted by Gasteiger charge is -2.09. The average Bonchev–Trinajstić information content (AvgIpc) is 2.36. The zero-order valence-corrected chi connectivity index (χ0v) is 10.7. The third-order valence-electron chi connectivity index (χ3n) is 2.81. The minimum Gasteiger partial charge on any atom is -0.496 e. The van der Waals surface area contributed by atoms with Crippen LogP contribution in [0.3, 0.4) is 0 Å². The molecule has 1 atom stereocenters. The van der Waals surface area contributed by atoms with Crippen LogP contribution in [0.4, 0.5) is 0 Å². The number of para-hydroxylation sites is 1. The summed E-state index contributed by atoms with van der Waals surface area (Å²) in [6.45, 7) is 1.97. The van der Waals surface area contributed by atoms with E-state index in [-0.39, 0.29) is 11.9 Å². The number of ketones is 1. The van der Waals surface area contributed by atoms with E-state index in [1.165, 1.54) is 0 Å². The summed E-state index contributed by atoms with van der Waals surface area (Å²) in [6.07, 6.45) is 1.88. The van der Waals surface area contributed by atoms with Gasteiger partial charge in [-0.2, -0.15) is 0 Å². The molecule has 0 heterocycles. The lowest BCUT2D eigenvalue weighted by atomic mass is 10.0. The maximum absolute atomic E-state index is 11.8. The third kappa shape index (κ3) is 4.57. The van der Waals surface area contributed by atoms with Crippen molar-refractivity contribution in [1.29, 1.82) is 0 Å². The minimum absolute atomic E-state index is 0.136. The first-order valence-corrected chi connectivity index (χ1v) is 5.83. The van der Waals surface area contributed by atoms with Crippen molar-refractivity contribution >= 4 is 5.78 Å². The van der Waals surface area contributed by atoms with Gasteiger partial charge in [-0.1, -0.05) is 18.2 Å². The monoisotopic (exact) mass is 236 g/mol. The normalized spacial score (nSPS) is 12.2. The van der Waals surface area contributed by atoms with Gasteiger partial charge in [0.25, 0.3) is 0 Å². The zero-order valence-electron chi connectivity index (χ0n) is 10.7. The van der Waals surface area contributed by atoms with Crippen LogP contribution in [0, 0.1) is 0 Å². The molecule has 1 aromatic rings. The smallest absolute Gasteiger partial charge is 0.137 e. The number of methoxy groups -OCH3 is 2. The van der Waals surface area contributed by atoms with E-state index in [1.54, 1.807) is 14.2 Å². The quantitative estimate of drug-likeness (QED) is 0.730. The van der Waals surface area contributed by atoms with Crippen LogP contribution in [-0.4, -0.2) is 26.1 Å². The molecule has 0 N–H and O–H groups in total.